The van der Waals surface area contributed by atoms with Gasteiger partial charge in [-0.2, -0.15) is 0 Å². The van der Waals surface area contributed by atoms with Gasteiger partial charge >= 0.3 is 6.09 Å². The van der Waals surface area contributed by atoms with Gasteiger partial charge in [-0.15, -0.1) is 0 Å². The molecule has 0 aliphatic carbocycles. The molecule has 2 saturated heterocycles. The van der Waals surface area contributed by atoms with Crippen LogP contribution in [0.1, 0.15) is 41.6 Å². The van der Waals surface area contributed by atoms with Crippen LogP contribution in [0.25, 0.3) is 0 Å². The van der Waals surface area contributed by atoms with E-state index in [0.717, 1.165) is 17.0 Å². The maximum absolute atomic E-state index is 15.0. The lowest BCUT2D eigenvalue weighted by Crippen LogP contribution is -2.33. The van der Waals surface area contributed by atoms with Gasteiger partial charge in [-0.1, -0.05) is 30.3 Å². The minimum absolute atomic E-state index is 0.0216. The van der Waals surface area contributed by atoms with E-state index in [0.29, 0.717) is 5.56 Å². The number of anilines is 1. The lowest BCUT2D eigenvalue weighted by atomic mass is 9.92. The van der Waals surface area contributed by atoms with Crippen LogP contribution in [-0.4, -0.2) is 55.9 Å². The van der Waals surface area contributed by atoms with E-state index in [1.165, 1.54) is 6.92 Å². The molecule has 2 fully saturated rings. The van der Waals surface area contributed by atoms with Crippen molar-refractivity contribution in [3.63, 3.8) is 0 Å². The second-order valence-electron chi connectivity index (χ2n) is 8.98. The molecular formula is C25H27F2N2O6P. The molecule has 2 amide bonds. The fourth-order valence-electron chi connectivity index (χ4n) is 4.48. The first-order chi connectivity index (χ1) is 17.1. The first-order valence-electron chi connectivity index (χ1n) is 11.7. The lowest BCUT2D eigenvalue weighted by Gasteiger charge is -2.29. The van der Waals surface area contributed by atoms with Gasteiger partial charge < -0.3 is 14.6 Å². The summed E-state index contributed by atoms with van der Waals surface area (Å²) < 4.78 is 53.8. The number of hydrogen-bond acceptors (Lipinski definition) is 6. The Bertz CT molecular complexity index is 1170. The van der Waals surface area contributed by atoms with Crippen LogP contribution in [0.2, 0.25) is 0 Å². The topological polar surface area (TPSA) is 102 Å². The molecule has 0 saturated carbocycles. The van der Waals surface area contributed by atoms with Crippen LogP contribution in [0.4, 0.5) is 19.3 Å². The third-order valence-corrected chi connectivity index (χ3v) is 8.88. The standard InChI is InChI=1S/C25H27F2N2O6P/c1-16(30)28-13-20-14-29(25(32)35-20)19-11-21(26)24(22(27)12-19)18-7-9-36(33,10-8-18)34-15-23(31)17-5-3-2-4-6-17/h2-6,11-12,18,20H,7-10,13-15H2,1H3,(H,28,30). The van der Waals surface area contributed by atoms with Gasteiger partial charge in [0.2, 0.25) is 13.3 Å². The molecule has 1 atom stereocenters. The van der Waals surface area contributed by atoms with Gasteiger partial charge in [0.15, 0.2) is 5.78 Å². The average molecular weight is 520 g/mol. The molecule has 0 radical (unpaired) electrons. The van der Waals surface area contributed by atoms with Crippen molar-refractivity contribution < 1.29 is 37.0 Å². The van der Waals surface area contributed by atoms with Crippen LogP contribution < -0.4 is 10.2 Å². The van der Waals surface area contributed by atoms with Gasteiger partial charge in [-0.05, 0) is 30.9 Å². The molecule has 192 valence electrons. The highest BCUT2D eigenvalue weighted by atomic mass is 31.2. The molecule has 2 aromatic rings. The Morgan fingerprint density at radius 3 is 2.39 bits per heavy atom. The van der Waals surface area contributed by atoms with Crippen LogP contribution >= 0.6 is 7.37 Å². The van der Waals surface area contributed by atoms with E-state index >= 15 is 8.78 Å². The lowest BCUT2D eigenvalue weighted by molar-refractivity contribution is -0.119. The third kappa shape index (κ3) is 5.99. The summed E-state index contributed by atoms with van der Waals surface area (Å²) in [7, 11) is -3.10. The summed E-state index contributed by atoms with van der Waals surface area (Å²) in [5.74, 6) is -2.67. The van der Waals surface area contributed by atoms with Crippen LogP contribution in [-0.2, 0) is 18.6 Å². The summed E-state index contributed by atoms with van der Waals surface area (Å²) in [6.07, 6.45) is -0.665. The number of benzene rings is 2. The predicted octanol–water partition coefficient (Wildman–Crippen LogP) is 4.48. The van der Waals surface area contributed by atoms with Gasteiger partial charge in [-0.25, -0.2) is 13.6 Å². The van der Waals surface area contributed by atoms with E-state index in [2.05, 4.69) is 5.32 Å². The molecule has 0 bridgehead atoms. The van der Waals surface area contributed by atoms with Crippen molar-refractivity contribution in [3.05, 3.63) is 65.2 Å². The predicted molar refractivity (Wildman–Crippen MR) is 129 cm³/mol. The van der Waals surface area contributed by atoms with E-state index in [1.807, 2.05) is 0 Å². The molecule has 36 heavy (non-hydrogen) atoms. The normalized spacial score (nSPS) is 23.9. The zero-order chi connectivity index (χ0) is 25.9. The Balaban J connectivity index is 1.37. The molecule has 2 aromatic carbocycles. The van der Waals surface area contributed by atoms with Crippen LogP contribution in [0.5, 0.6) is 0 Å². The van der Waals surface area contributed by atoms with Gasteiger partial charge in [0.05, 0.1) is 18.8 Å². The zero-order valence-electron chi connectivity index (χ0n) is 19.7. The maximum atomic E-state index is 15.0. The summed E-state index contributed by atoms with van der Waals surface area (Å²) in [4.78, 5) is 36.6. The van der Waals surface area contributed by atoms with Gasteiger partial charge in [0.1, 0.15) is 24.3 Å². The number of halogens is 2. The van der Waals surface area contributed by atoms with Crippen molar-refractivity contribution >= 4 is 30.8 Å². The molecule has 2 aliphatic rings. The summed E-state index contributed by atoms with van der Waals surface area (Å²) in [6.45, 7) is 1.17. The summed E-state index contributed by atoms with van der Waals surface area (Å²) in [5, 5.41) is 2.54. The number of carbonyl (C=O) groups is 3. The molecular weight excluding hydrogens is 493 g/mol. The third-order valence-electron chi connectivity index (χ3n) is 6.40. The quantitative estimate of drug-likeness (QED) is 0.407. The van der Waals surface area contributed by atoms with Crippen molar-refractivity contribution in [1.82, 2.24) is 5.32 Å². The number of hydrogen-bond donors (Lipinski definition) is 1. The smallest absolute Gasteiger partial charge is 0.414 e. The SMILES string of the molecule is CC(=O)NCC1CN(c2cc(F)c(C3CCP(=O)(OCC(=O)c4ccccc4)CC3)c(F)c2)C(=O)O1. The van der Waals surface area contributed by atoms with Crippen LogP contribution in [0.15, 0.2) is 42.5 Å². The summed E-state index contributed by atoms with van der Waals surface area (Å²) >= 11 is 0. The number of nitrogens with zero attached hydrogens (tertiary/aromatic N) is 1. The minimum Gasteiger partial charge on any atom is -0.442 e. The number of rotatable bonds is 8. The first kappa shape index (κ1) is 26.0. The van der Waals surface area contributed by atoms with Crippen molar-refractivity contribution in [2.75, 3.05) is 36.9 Å². The Hall–Kier alpha value is -3.10. The van der Waals surface area contributed by atoms with Gasteiger partial charge in [0.25, 0.3) is 0 Å². The summed E-state index contributed by atoms with van der Waals surface area (Å²) in [5.41, 5.74) is 0.368. The van der Waals surface area contributed by atoms with Gasteiger partial charge in [0, 0.05) is 30.4 Å². The molecule has 0 spiro atoms. The van der Waals surface area contributed by atoms with E-state index in [4.69, 9.17) is 9.26 Å². The number of Topliss-reactive ketones (excluding diaryl/α,β-unsaturated/α-hetero) is 1. The first-order valence-corrected chi connectivity index (χ1v) is 13.7. The number of ether oxygens (including phenoxy) is 1. The molecule has 8 nitrogen and oxygen atoms in total. The van der Waals surface area contributed by atoms with E-state index in [9.17, 15) is 18.9 Å². The monoisotopic (exact) mass is 520 g/mol. The molecule has 1 unspecified atom stereocenters. The Morgan fingerprint density at radius 2 is 1.78 bits per heavy atom. The Morgan fingerprint density at radius 1 is 1.14 bits per heavy atom. The molecule has 2 heterocycles. The highest BCUT2D eigenvalue weighted by Gasteiger charge is 2.36. The number of ketones is 1. The zero-order valence-corrected chi connectivity index (χ0v) is 20.6. The van der Waals surface area contributed by atoms with Crippen LogP contribution in [0.3, 0.4) is 0 Å². The Kier molecular flexibility index (Phi) is 7.85. The van der Waals surface area contributed by atoms with E-state index in [-0.39, 0.29) is 67.8 Å². The Labute approximate surface area is 207 Å². The van der Waals surface area contributed by atoms with Crippen molar-refractivity contribution in [2.24, 2.45) is 0 Å². The molecule has 1 N–H and O–H groups in total. The van der Waals surface area contributed by atoms with Crippen molar-refractivity contribution in [1.29, 1.82) is 0 Å². The highest BCUT2D eigenvalue weighted by Crippen LogP contribution is 2.55. The van der Waals surface area contributed by atoms with Gasteiger partial charge in [-0.3, -0.25) is 19.1 Å². The minimum atomic E-state index is -3.10. The van der Waals surface area contributed by atoms with Crippen LogP contribution in [0, 0.1) is 11.6 Å². The fraction of sp³-hybridized carbons (Fsp3) is 0.400. The fourth-order valence-corrected chi connectivity index (χ4v) is 6.72. The average Bonchev–Trinajstić information content (AvgIpc) is 3.23. The molecule has 2 aliphatic heterocycles. The summed E-state index contributed by atoms with van der Waals surface area (Å²) in [6, 6.07) is 10.7. The number of amides is 2. The largest absolute Gasteiger partial charge is 0.442 e. The second kappa shape index (κ2) is 10.9. The van der Waals surface area contributed by atoms with Crippen molar-refractivity contribution in [3.8, 4) is 0 Å². The number of carbonyl (C=O) groups excluding carboxylic acids is 3. The maximum Gasteiger partial charge on any atom is 0.414 e. The second-order valence-corrected chi connectivity index (χ2v) is 11.8. The van der Waals surface area contributed by atoms with E-state index in [1.54, 1.807) is 30.3 Å². The molecule has 4 rings (SSSR count). The van der Waals surface area contributed by atoms with Crippen molar-refractivity contribution in [2.45, 2.75) is 31.8 Å². The molecule has 11 heteroatoms. The number of cyclic esters (lactones) is 1. The highest BCUT2D eigenvalue weighted by molar-refractivity contribution is 7.59. The number of nitrogens with one attached hydrogen (secondary N) is 1. The molecule has 0 aromatic heterocycles. The van der Waals surface area contributed by atoms with E-state index < -0.39 is 37.1 Å².